The summed E-state index contributed by atoms with van der Waals surface area (Å²) in [5.74, 6) is 1.70. The molecule has 1 aliphatic heterocycles. The highest BCUT2D eigenvalue weighted by atomic mass is 16.6. The van der Waals surface area contributed by atoms with Crippen molar-refractivity contribution in [2.45, 2.75) is 43.8 Å². The first-order valence-corrected chi connectivity index (χ1v) is 9.29. The van der Waals surface area contributed by atoms with Crippen LogP contribution in [0.1, 0.15) is 54.4 Å². The lowest BCUT2D eigenvalue weighted by Gasteiger charge is -2.42. The highest BCUT2D eigenvalue weighted by molar-refractivity contribution is 5.58. The highest BCUT2D eigenvalue weighted by Crippen LogP contribution is 2.53. The van der Waals surface area contributed by atoms with Gasteiger partial charge in [0, 0.05) is 23.1 Å². The fourth-order valence-electron chi connectivity index (χ4n) is 4.54. The Morgan fingerprint density at radius 3 is 2.37 bits per heavy atom. The summed E-state index contributed by atoms with van der Waals surface area (Å²) in [5, 5.41) is 11.6. The highest BCUT2D eigenvalue weighted by Gasteiger charge is 2.43. The zero-order valence-corrected chi connectivity index (χ0v) is 15.5. The summed E-state index contributed by atoms with van der Waals surface area (Å²) in [7, 11) is 3.28. The maximum atomic E-state index is 11.6. The molecule has 4 rings (SSSR count). The number of para-hydroxylation sites is 1. The van der Waals surface area contributed by atoms with Gasteiger partial charge in [-0.2, -0.15) is 0 Å². The molecule has 0 unspecified atom stereocenters. The van der Waals surface area contributed by atoms with Gasteiger partial charge in [-0.1, -0.05) is 25.0 Å². The maximum Gasteiger partial charge on any atom is 0.275 e. The summed E-state index contributed by atoms with van der Waals surface area (Å²) in [5.41, 5.74) is 2.55. The van der Waals surface area contributed by atoms with Crippen molar-refractivity contribution in [1.82, 2.24) is 0 Å². The molecular weight excluding hydrogens is 346 g/mol. The van der Waals surface area contributed by atoms with Crippen molar-refractivity contribution in [2.24, 2.45) is 0 Å². The van der Waals surface area contributed by atoms with E-state index in [1.54, 1.807) is 26.4 Å². The SMILES string of the molecule is COc1ccc(OC)c2c1[C@@H](c1ccccc1[N+](=O)[O-])O[C@H]1CCCC[C@@H]21. The second kappa shape index (κ2) is 7.19. The van der Waals surface area contributed by atoms with Gasteiger partial charge in [-0.3, -0.25) is 10.1 Å². The molecule has 142 valence electrons. The molecule has 1 heterocycles. The van der Waals surface area contributed by atoms with Gasteiger partial charge in [0.15, 0.2) is 0 Å². The van der Waals surface area contributed by atoms with Crippen LogP contribution in [-0.2, 0) is 4.74 Å². The number of methoxy groups -OCH3 is 2. The lowest BCUT2D eigenvalue weighted by atomic mass is 9.75. The molecule has 0 aromatic heterocycles. The molecule has 27 heavy (non-hydrogen) atoms. The third kappa shape index (κ3) is 2.94. The number of fused-ring (bicyclic) bond motifs is 3. The van der Waals surface area contributed by atoms with E-state index in [-0.39, 0.29) is 22.6 Å². The predicted octanol–water partition coefficient (Wildman–Crippen LogP) is 4.76. The molecule has 2 aromatic rings. The molecular formula is C21H23NO5. The molecule has 2 aliphatic rings. The van der Waals surface area contributed by atoms with Crippen LogP contribution in [0, 0.1) is 10.1 Å². The maximum absolute atomic E-state index is 11.6. The van der Waals surface area contributed by atoms with Crippen LogP contribution >= 0.6 is 0 Å². The minimum atomic E-state index is -0.550. The minimum absolute atomic E-state index is 0.0251. The molecule has 2 aromatic carbocycles. The van der Waals surface area contributed by atoms with Crippen LogP contribution < -0.4 is 9.47 Å². The third-order valence-corrected chi connectivity index (χ3v) is 5.71. The van der Waals surface area contributed by atoms with E-state index >= 15 is 0 Å². The smallest absolute Gasteiger partial charge is 0.275 e. The summed E-state index contributed by atoms with van der Waals surface area (Å²) in [6.45, 7) is 0. The standard InChI is InChI=1S/C21H23NO5/c1-25-17-11-12-18(26-2)20-19(17)14-8-4-6-10-16(14)27-21(20)13-7-3-5-9-15(13)22(23)24/h3,5,7,9,11-12,14,16,21H,4,6,8,10H2,1-2H3/t14-,16+,21-/m1/s1. The monoisotopic (exact) mass is 369 g/mol. The second-order valence-electron chi connectivity index (χ2n) is 7.06. The van der Waals surface area contributed by atoms with E-state index < -0.39 is 6.10 Å². The van der Waals surface area contributed by atoms with Crippen molar-refractivity contribution in [3.05, 3.63) is 63.2 Å². The summed E-state index contributed by atoms with van der Waals surface area (Å²) < 4.78 is 17.8. The molecule has 1 aliphatic carbocycles. The van der Waals surface area contributed by atoms with Crippen molar-refractivity contribution < 1.29 is 19.1 Å². The van der Waals surface area contributed by atoms with E-state index in [9.17, 15) is 10.1 Å². The van der Waals surface area contributed by atoms with E-state index in [2.05, 4.69) is 0 Å². The van der Waals surface area contributed by atoms with Crippen LogP contribution in [0.3, 0.4) is 0 Å². The minimum Gasteiger partial charge on any atom is -0.496 e. The van der Waals surface area contributed by atoms with E-state index in [0.29, 0.717) is 11.3 Å². The fourth-order valence-corrected chi connectivity index (χ4v) is 4.54. The van der Waals surface area contributed by atoms with Crippen molar-refractivity contribution in [2.75, 3.05) is 14.2 Å². The van der Waals surface area contributed by atoms with Gasteiger partial charge in [0.1, 0.15) is 17.6 Å². The molecule has 3 atom stereocenters. The first-order valence-electron chi connectivity index (χ1n) is 9.29. The quantitative estimate of drug-likeness (QED) is 0.574. The van der Waals surface area contributed by atoms with Gasteiger partial charge in [0.2, 0.25) is 0 Å². The zero-order valence-electron chi connectivity index (χ0n) is 15.5. The summed E-state index contributed by atoms with van der Waals surface area (Å²) >= 11 is 0. The van der Waals surface area contributed by atoms with Crippen molar-refractivity contribution in [1.29, 1.82) is 0 Å². The van der Waals surface area contributed by atoms with Gasteiger partial charge in [-0.15, -0.1) is 0 Å². The second-order valence-corrected chi connectivity index (χ2v) is 7.06. The molecule has 0 amide bonds. The van der Waals surface area contributed by atoms with Crippen LogP contribution in [0.2, 0.25) is 0 Å². The Labute approximate surface area is 158 Å². The number of nitro benzene ring substituents is 1. The van der Waals surface area contributed by atoms with Crippen LogP contribution in [0.4, 0.5) is 5.69 Å². The molecule has 0 radical (unpaired) electrons. The van der Waals surface area contributed by atoms with Gasteiger partial charge in [0.05, 0.1) is 30.8 Å². The van der Waals surface area contributed by atoms with Crippen molar-refractivity contribution in [3.63, 3.8) is 0 Å². The molecule has 1 fully saturated rings. The molecule has 6 heteroatoms. The fraction of sp³-hybridized carbons (Fsp3) is 0.429. The molecule has 6 nitrogen and oxygen atoms in total. The molecule has 0 N–H and O–H groups in total. The van der Waals surface area contributed by atoms with Crippen LogP contribution in [0.25, 0.3) is 0 Å². The van der Waals surface area contributed by atoms with E-state index in [1.165, 1.54) is 6.07 Å². The first-order chi connectivity index (χ1) is 13.2. The van der Waals surface area contributed by atoms with Gasteiger partial charge in [-0.25, -0.2) is 0 Å². The van der Waals surface area contributed by atoms with Crippen molar-refractivity contribution in [3.8, 4) is 11.5 Å². The Kier molecular flexibility index (Phi) is 4.74. The largest absolute Gasteiger partial charge is 0.496 e. The van der Waals surface area contributed by atoms with Crippen molar-refractivity contribution >= 4 is 5.69 Å². The summed E-state index contributed by atoms with van der Waals surface area (Å²) in [6.07, 6.45) is 3.68. The van der Waals surface area contributed by atoms with Gasteiger partial charge >= 0.3 is 0 Å². The van der Waals surface area contributed by atoms with E-state index in [4.69, 9.17) is 14.2 Å². The summed E-state index contributed by atoms with van der Waals surface area (Å²) in [4.78, 5) is 11.3. The molecule has 1 saturated carbocycles. The molecule has 0 spiro atoms. The topological polar surface area (TPSA) is 70.8 Å². The molecule has 0 saturated heterocycles. The van der Waals surface area contributed by atoms with E-state index in [0.717, 1.165) is 42.6 Å². The lowest BCUT2D eigenvalue weighted by molar-refractivity contribution is -0.386. The first kappa shape index (κ1) is 17.8. The Morgan fingerprint density at radius 1 is 1.00 bits per heavy atom. The summed E-state index contributed by atoms with van der Waals surface area (Å²) in [6, 6.07) is 10.6. The van der Waals surface area contributed by atoms with Gasteiger partial charge in [-0.05, 0) is 31.0 Å². The number of hydrogen-bond acceptors (Lipinski definition) is 5. The number of nitrogens with zero attached hydrogens (tertiary/aromatic N) is 1. The predicted molar refractivity (Wildman–Crippen MR) is 101 cm³/mol. The van der Waals surface area contributed by atoms with Crippen LogP contribution in [-0.4, -0.2) is 25.2 Å². The normalized spacial score (nSPS) is 23.9. The number of rotatable bonds is 4. The van der Waals surface area contributed by atoms with Crippen LogP contribution in [0.5, 0.6) is 11.5 Å². The Hall–Kier alpha value is -2.60. The van der Waals surface area contributed by atoms with Gasteiger partial charge in [0.25, 0.3) is 5.69 Å². The van der Waals surface area contributed by atoms with Gasteiger partial charge < -0.3 is 14.2 Å². The Balaban J connectivity index is 1.96. The number of benzene rings is 2. The zero-order chi connectivity index (χ0) is 19.0. The van der Waals surface area contributed by atoms with E-state index in [1.807, 2.05) is 18.2 Å². The number of nitro groups is 1. The third-order valence-electron chi connectivity index (χ3n) is 5.71. The number of hydrogen-bond donors (Lipinski definition) is 0. The average Bonchev–Trinajstić information content (AvgIpc) is 2.72. The lowest BCUT2D eigenvalue weighted by Crippen LogP contribution is -2.34. The molecule has 0 bridgehead atoms. The number of ether oxygens (including phenoxy) is 3. The Morgan fingerprint density at radius 2 is 1.67 bits per heavy atom. The Bertz CT molecular complexity index is 866. The average molecular weight is 369 g/mol. The van der Waals surface area contributed by atoms with Crippen LogP contribution in [0.15, 0.2) is 36.4 Å².